The van der Waals surface area contributed by atoms with Crippen molar-refractivity contribution in [2.75, 3.05) is 85.4 Å². The van der Waals surface area contributed by atoms with Crippen molar-refractivity contribution in [3.63, 3.8) is 0 Å². The number of nitrogens with one attached hydrogen (secondary N) is 6. The SMILES string of the molecule is CC(C)(C)OC(=O)NC(CO)Cc1cn(C(=O)OC(C)(C)C)c2ccccc12.CCOC(=O)C(Cc1cn(C(=O)OC(C)(C)C)c2ccccc12)NC(=O)OC(C)(C)C.CCOC(=O)C(N)Cc1c[nH]c2ccccc12.COCC(CC(=O)c1cnc(N2CCN(C)CC2)s1)Cc1c[nH]c2ccccc12.COCC(Cc1cn(C(=O)OC(C)(C)C)c2ccccc12)NC(=O)OC(C)(C)C.NC(Cc1c[nH]c2ccccc12)C(=O)O. The van der Waals surface area contributed by atoms with Crippen LogP contribution >= 0.6 is 11.3 Å². The number of hydrogen-bond donors (Lipinski definition) is 10. The van der Waals surface area contributed by atoms with Gasteiger partial charge in [-0.3, -0.25) is 28.1 Å². The zero-order chi connectivity index (χ0) is 110. The average molecular weight is 2080 g/mol. The van der Waals surface area contributed by atoms with Gasteiger partial charge in [0.15, 0.2) is 10.9 Å². The summed E-state index contributed by atoms with van der Waals surface area (Å²) in [4.78, 5) is 141. The summed E-state index contributed by atoms with van der Waals surface area (Å²) in [5.41, 5.74) is 18.4. The van der Waals surface area contributed by atoms with Gasteiger partial charge < -0.3 is 110 Å². The third-order valence-electron chi connectivity index (χ3n) is 22.5. The molecule has 6 aromatic carbocycles. The van der Waals surface area contributed by atoms with Crippen LogP contribution in [0.15, 0.2) is 189 Å². The number of rotatable bonds is 29. The second-order valence-corrected chi connectivity index (χ2v) is 43.2. The number of aromatic nitrogens is 7. The van der Waals surface area contributed by atoms with Crippen LogP contribution in [0.3, 0.4) is 0 Å². The lowest BCUT2D eigenvalue weighted by molar-refractivity contribution is -0.146. The van der Waals surface area contributed by atoms with Crippen LogP contribution in [0.1, 0.15) is 188 Å². The molecule has 13 aromatic rings. The third kappa shape index (κ3) is 37.4. The number of nitrogens with two attached hydrogens (primary N) is 2. The number of thiazole rings is 1. The lowest BCUT2D eigenvalue weighted by Crippen LogP contribution is -2.45. The van der Waals surface area contributed by atoms with Gasteiger partial charge in [0.2, 0.25) is 0 Å². The predicted molar refractivity (Wildman–Crippen MR) is 579 cm³/mol. The first kappa shape index (κ1) is 119. The number of likely N-dealkylation sites (N-methyl/N-ethyl adjacent to an activating group) is 1. The van der Waals surface area contributed by atoms with Gasteiger partial charge >= 0.3 is 54.5 Å². The monoisotopic (exact) mass is 2080 g/mol. The molecule has 8 heterocycles. The molecule has 149 heavy (non-hydrogen) atoms. The Balaban J connectivity index is 0.000000201. The van der Waals surface area contributed by atoms with E-state index >= 15 is 0 Å². The molecule has 1 aliphatic rings. The Bertz CT molecular complexity index is 6630. The quantitative estimate of drug-likeness (QED) is 0.0118. The van der Waals surface area contributed by atoms with Gasteiger partial charge in [0, 0.05) is 159 Å². The van der Waals surface area contributed by atoms with Gasteiger partial charge in [0.05, 0.1) is 66.1 Å². The standard InChI is InChI=1S/C23H32N2O6.C22H28N4O2S.C22H32N2O5.C21H30N2O5.C13H16N2O2.C11H12N2O2/c1-8-29-19(26)17(24-20(27)30-22(2,3)4)13-15-14-25(21(28)31-23(5,6)7)18-12-10-9-11-16(15)18;1-25-7-9-26(10-8-25)22-24-14-21(29-22)20(27)12-16(15-28-2)11-17-13-23-19-6-4-3-5-18(17)19;1-21(2,3)28-19(25)23-16(14-27-7)12-15-13-24(20(26)29-22(4,5)6)18-11-9-8-10-17(15)18;1-20(2,3)27-18(25)22-15(13-24)11-14-12-23(19(26)28-21(4,5)6)17-10-8-7-9-16(14)17;1-2-17-13(16)11(14)7-9-8-15-12-6-4-3-5-10(9)12;12-9(11(14)15)5-7-6-13-10-4-2-1-3-8(7)10/h9-12,14,17H,8,13H2,1-7H3,(H,24,27);3-6,13-14,16,23H,7-12,15H2,1-2H3;8-11,13,16H,12,14H2,1-7H3,(H,23,25);7-10,12,15,24H,11,13H2,1-6H3,(H,22,25);3-6,8,11,15H,2,7,14H2,1H3;1-4,6,9,13H,5,12H2,(H,14,15). The Morgan fingerprint density at radius 3 is 1.13 bits per heavy atom. The lowest BCUT2D eigenvalue weighted by Gasteiger charge is -2.32. The van der Waals surface area contributed by atoms with Crippen molar-refractivity contribution >= 4 is 142 Å². The van der Waals surface area contributed by atoms with Crippen LogP contribution in [0.2, 0.25) is 0 Å². The summed E-state index contributed by atoms with van der Waals surface area (Å²) in [6.07, 6.45) is 12.4. The van der Waals surface area contributed by atoms with Gasteiger partial charge in [-0.15, -0.1) is 0 Å². The Kier molecular flexibility index (Phi) is 42.8. The van der Waals surface area contributed by atoms with E-state index in [0.29, 0.717) is 68.5 Å². The van der Waals surface area contributed by atoms with Crippen LogP contribution in [0.25, 0.3) is 65.4 Å². The molecular weight excluding hydrogens is 1930 g/mol. The van der Waals surface area contributed by atoms with Crippen LogP contribution in [-0.4, -0.2) is 253 Å². The van der Waals surface area contributed by atoms with E-state index in [1.54, 1.807) is 121 Å². The molecule has 0 bridgehead atoms. The minimum absolute atomic E-state index is 0.119. The maximum Gasteiger partial charge on any atom is 0.419 e. The van der Waals surface area contributed by atoms with Crippen molar-refractivity contribution in [2.45, 2.75) is 247 Å². The summed E-state index contributed by atoms with van der Waals surface area (Å²) in [5.74, 6) is -1.61. The van der Waals surface area contributed by atoms with E-state index < -0.39 is 106 Å². The summed E-state index contributed by atoms with van der Waals surface area (Å²) in [6.45, 7) is 40.9. The number of carbonyl (C=O) groups excluding carboxylic acids is 9. The number of alkyl carbamates (subject to hydrolysis) is 3. The number of carboxylic acids is 1. The number of methoxy groups -OCH3 is 2. The molecule has 3 amide bonds. The van der Waals surface area contributed by atoms with E-state index in [1.165, 1.54) is 36.0 Å². The first-order valence-electron chi connectivity index (χ1n) is 49.8. The molecule has 12 N–H and O–H groups in total. The van der Waals surface area contributed by atoms with Gasteiger partial charge in [-0.2, -0.15) is 0 Å². The van der Waals surface area contributed by atoms with Crippen molar-refractivity contribution < 1.29 is 106 Å². The second-order valence-electron chi connectivity index (χ2n) is 42.2. The molecule has 806 valence electrons. The molecule has 6 unspecified atom stereocenters. The van der Waals surface area contributed by atoms with Crippen LogP contribution in [-0.2, 0) is 100 Å². The molecule has 37 heteroatoms. The molecule has 7 aromatic heterocycles. The van der Waals surface area contributed by atoms with Crippen molar-refractivity contribution in [1.29, 1.82) is 0 Å². The van der Waals surface area contributed by atoms with E-state index in [1.807, 2.05) is 202 Å². The van der Waals surface area contributed by atoms with Gasteiger partial charge in [-0.05, 0) is 240 Å². The van der Waals surface area contributed by atoms with Crippen molar-refractivity contribution in [1.82, 2.24) is 54.5 Å². The summed E-state index contributed by atoms with van der Waals surface area (Å²) in [7, 11) is 5.41. The minimum atomic E-state index is -0.979. The Hall–Kier alpha value is -14.0. The number of carbonyl (C=O) groups is 10. The number of H-pyrrole nitrogens is 3. The van der Waals surface area contributed by atoms with Gasteiger partial charge in [0.1, 0.15) is 51.7 Å². The number of anilines is 1. The fraction of sp³-hybridized carbons (Fsp3) is 0.455. The number of esters is 2. The zero-order valence-electron chi connectivity index (χ0n) is 90.0. The van der Waals surface area contributed by atoms with E-state index in [0.717, 1.165) is 114 Å². The number of aliphatic hydroxyl groups is 1. The minimum Gasteiger partial charge on any atom is -0.480 e. The summed E-state index contributed by atoms with van der Waals surface area (Å²) in [5, 5.41) is 33.4. The smallest absolute Gasteiger partial charge is 0.419 e. The number of piperazine rings is 1. The molecular formula is C112H150N14O22S. The zero-order valence-corrected chi connectivity index (χ0v) is 90.8. The number of fused-ring (bicyclic) bond motifs is 6. The molecule has 1 fully saturated rings. The molecule has 6 atom stereocenters. The Labute approximate surface area is 874 Å². The largest absolute Gasteiger partial charge is 0.480 e. The van der Waals surface area contributed by atoms with E-state index in [-0.39, 0.29) is 43.3 Å². The number of aromatic amines is 3. The summed E-state index contributed by atoms with van der Waals surface area (Å²) < 4.78 is 57.5. The molecule has 36 nitrogen and oxygen atoms in total. The van der Waals surface area contributed by atoms with Crippen LogP contribution in [0.5, 0.6) is 0 Å². The maximum atomic E-state index is 13.0. The second kappa shape index (κ2) is 53.8. The van der Waals surface area contributed by atoms with Gasteiger partial charge in [0.25, 0.3) is 0 Å². The van der Waals surface area contributed by atoms with Crippen LogP contribution in [0.4, 0.5) is 33.9 Å². The number of ether oxygens (including phenoxy) is 10. The number of amides is 3. The highest BCUT2D eigenvalue weighted by atomic mass is 32.1. The number of nitrogens with zero attached hydrogens (tertiary/aromatic N) is 6. The van der Waals surface area contributed by atoms with Gasteiger partial charge in [-0.25, -0.2) is 38.5 Å². The molecule has 0 aliphatic carbocycles. The molecule has 0 radical (unpaired) electrons. The third-order valence-corrected chi connectivity index (χ3v) is 23.6. The van der Waals surface area contributed by atoms with E-state index in [9.17, 15) is 53.1 Å². The summed E-state index contributed by atoms with van der Waals surface area (Å²) in [6, 6.07) is 43.0. The predicted octanol–water partition coefficient (Wildman–Crippen LogP) is 19.0. The Morgan fingerprint density at radius 2 is 0.758 bits per heavy atom. The van der Waals surface area contributed by atoms with Gasteiger partial charge in [-0.1, -0.05) is 121 Å². The molecule has 1 aliphatic heterocycles. The van der Waals surface area contributed by atoms with Crippen molar-refractivity contribution in [3.8, 4) is 0 Å². The number of hydrogen-bond acceptors (Lipinski definition) is 27. The van der Waals surface area contributed by atoms with Crippen molar-refractivity contribution in [3.05, 3.63) is 227 Å². The molecule has 1 saturated heterocycles. The number of carboxylic acid groups (broad SMARTS) is 1. The Morgan fingerprint density at radius 1 is 0.416 bits per heavy atom. The highest BCUT2D eigenvalue weighted by Crippen LogP contribution is 2.33. The molecule has 0 spiro atoms. The maximum absolute atomic E-state index is 13.0. The fourth-order valence-corrected chi connectivity index (χ4v) is 17.1. The van der Waals surface area contributed by atoms with Crippen LogP contribution < -0.4 is 32.3 Å². The first-order chi connectivity index (χ1) is 70.1. The normalized spacial score (nSPS) is 13.7. The number of Topliss-reactive ketones (excluding diaryl/α,β-unsaturated/α-hetero) is 1. The fourth-order valence-electron chi connectivity index (χ4n) is 16.2. The number of ketones is 1. The van der Waals surface area contributed by atoms with Crippen LogP contribution in [0, 0.1) is 5.92 Å². The van der Waals surface area contributed by atoms with E-state index in [4.69, 9.17) is 63.9 Å². The number of para-hydroxylation sites is 6. The highest BCUT2D eigenvalue weighted by Gasteiger charge is 2.33. The highest BCUT2D eigenvalue weighted by molar-refractivity contribution is 7.17. The number of benzene rings is 6. The lowest BCUT2D eigenvalue weighted by atomic mass is 9.94. The van der Waals surface area contributed by atoms with E-state index in [2.05, 4.69) is 71.1 Å². The average Bonchev–Trinajstić information content (AvgIpc) is 1.64. The molecule has 0 saturated carbocycles. The number of aliphatic hydroxyl groups excluding tert-OH is 1. The molecule has 14 rings (SSSR count). The summed E-state index contributed by atoms with van der Waals surface area (Å²) >= 11 is 1.52. The number of aliphatic carboxylic acids is 1. The first-order valence-corrected chi connectivity index (χ1v) is 50.6. The topological polar surface area (TPSA) is 473 Å². The van der Waals surface area contributed by atoms with Crippen molar-refractivity contribution in [2.24, 2.45) is 17.4 Å².